The Balaban J connectivity index is 1.62. The number of amides is 1. The largest absolute Gasteiger partial charge is 0.451 e. The summed E-state index contributed by atoms with van der Waals surface area (Å²) in [7, 11) is 1.75. The van der Waals surface area contributed by atoms with Crippen LogP contribution in [0.25, 0.3) is 21.9 Å². The highest BCUT2D eigenvalue weighted by atomic mass is 32.1. The van der Waals surface area contributed by atoms with Crippen molar-refractivity contribution in [3.63, 3.8) is 0 Å². The number of fused-ring (bicyclic) bond motifs is 2. The van der Waals surface area contributed by atoms with E-state index in [-0.39, 0.29) is 23.1 Å². The molecule has 0 radical (unpaired) electrons. The number of aromatic amines is 1. The summed E-state index contributed by atoms with van der Waals surface area (Å²) in [4.78, 5) is 32.3. The summed E-state index contributed by atoms with van der Waals surface area (Å²) >= 11 is 1.59. The molecule has 5 nitrogen and oxygen atoms in total. The molecule has 0 unspecified atom stereocenters. The van der Waals surface area contributed by atoms with Gasteiger partial charge in [0.25, 0.3) is 5.91 Å². The Hall–Kier alpha value is -3.64. The van der Waals surface area contributed by atoms with Crippen LogP contribution in [-0.2, 0) is 0 Å². The molecule has 1 amide bonds. The molecule has 0 aliphatic rings. The number of para-hydroxylation sites is 1. The number of hydrogen-bond donors (Lipinski definition) is 1. The Morgan fingerprint density at radius 2 is 1.81 bits per heavy atom. The van der Waals surface area contributed by atoms with Gasteiger partial charge in [-0.3, -0.25) is 9.59 Å². The van der Waals surface area contributed by atoms with Crippen LogP contribution < -0.4 is 5.43 Å². The van der Waals surface area contributed by atoms with Crippen molar-refractivity contribution in [3.05, 3.63) is 104 Å². The molecule has 0 spiro atoms. The highest BCUT2D eigenvalue weighted by Crippen LogP contribution is 2.36. The second kappa shape index (κ2) is 7.80. The molecule has 1 atom stereocenters. The zero-order valence-electron chi connectivity index (χ0n) is 18.0. The first-order valence-electron chi connectivity index (χ1n) is 10.4. The molecule has 0 fully saturated rings. The van der Waals surface area contributed by atoms with Gasteiger partial charge in [-0.15, -0.1) is 11.3 Å². The van der Waals surface area contributed by atoms with E-state index in [1.54, 1.807) is 23.3 Å². The Bertz CT molecular complexity index is 1510. The number of rotatable bonds is 4. The Labute approximate surface area is 188 Å². The first-order valence-corrected chi connectivity index (χ1v) is 11.2. The molecule has 0 bridgehead atoms. The molecule has 1 N–H and O–H groups in total. The van der Waals surface area contributed by atoms with Gasteiger partial charge in [0.1, 0.15) is 5.58 Å². The summed E-state index contributed by atoms with van der Waals surface area (Å²) in [5.74, 6) is -0.305. The highest BCUT2D eigenvalue weighted by Gasteiger charge is 2.29. The van der Waals surface area contributed by atoms with Crippen molar-refractivity contribution in [3.8, 4) is 0 Å². The van der Waals surface area contributed by atoms with Gasteiger partial charge in [-0.05, 0) is 54.6 Å². The molecule has 5 aromatic rings. The van der Waals surface area contributed by atoms with Gasteiger partial charge < -0.3 is 14.3 Å². The van der Waals surface area contributed by atoms with Crippen LogP contribution >= 0.6 is 11.3 Å². The molecule has 0 aliphatic carbocycles. The predicted molar refractivity (Wildman–Crippen MR) is 129 cm³/mol. The second-order valence-electron chi connectivity index (χ2n) is 8.03. The van der Waals surface area contributed by atoms with Crippen molar-refractivity contribution >= 4 is 39.1 Å². The number of hydrogen-bond acceptors (Lipinski definition) is 4. The van der Waals surface area contributed by atoms with E-state index in [1.807, 2.05) is 74.0 Å². The standard InChI is InChI=1S/C26H22N2O3S/c1-15-11-18-21(29)13-23(31-22(18)12-16(15)2)26(30)28(3)25(24-9-6-10-32-24)19-14-27-20-8-5-4-7-17(19)20/h4-14,25,27H,1-3H3/t25-/m1/s1. The summed E-state index contributed by atoms with van der Waals surface area (Å²) in [6.45, 7) is 3.91. The molecule has 3 heterocycles. The zero-order chi connectivity index (χ0) is 22.4. The molecule has 5 rings (SSSR count). The van der Waals surface area contributed by atoms with Crippen LogP contribution in [-0.4, -0.2) is 22.8 Å². The van der Waals surface area contributed by atoms with E-state index in [4.69, 9.17) is 4.42 Å². The van der Waals surface area contributed by atoms with Crippen LogP contribution in [0, 0.1) is 13.8 Å². The van der Waals surface area contributed by atoms with Gasteiger partial charge in [-0.1, -0.05) is 24.3 Å². The number of benzene rings is 2. The van der Waals surface area contributed by atoms with E-state index < -0.39 is 0 Å². The van der Waals surface area contributed by atoms with E-state index >= 15 is 0 Å². The summed E-state index contributed by atoms with van der Waals surface area (Å²) in [5.41, 5.74) is 4.23. The van der Waals surface area contributed by atoms with Crippen molar-refractivity contribution in [2.75, 3.05) is 7.05 Å². The van der Waals surface area contributed by atoms with E-state index in [0.717, 1.165) is 32.5 Å². The van der Waals surface area contributed by atoms with Crippen LogP contribution in [0.3, 0.4) is 0 Å². The van der Waals surface area contributed by atoms with E-state index in [0.29, 0.717) is 11.0 Å². The van der Waals surface area contributed by atoms with Crippen molar-refractivity contribution in [2.45, 2.75) is 19.9 Å². The third-order valence-corrected chi connectivity index (χ3v) is 6.92. The Kier molecular flexibility index (Phi) is 4.94. The number of H-pyrrole nitrogens is 1. The fraction of sp³-hybridized carbons (Fsp3) is 0.154. The minimum atomic E-state index is -0.342. The van der Waals surface area contributed by atoms with E-state index in [9.17, 15) is 9.59 Å². The maximum absolute atomic E-state index is 13.5. The number of nitrogens with zero attached hydrogens (tertiary/aromatic N) is 1. The van der Waals surface area contributed by atoms with Crippen LogP contribution in [0.4, 0.5) is 0 Å². The number of aromatic nitrogens is 1. The van der Waals surface area contributed by atoms with Gasteiger partial charge in [0.05, 0.1) is 11.4 Å². The predicted octanol–water partition coefficient (Wildman–Crippen LogP) is 5.81. The first kappa shape index (κ1) is 20.3. The number of carbonyl (C=O) groups is 1. The minimum absolute atomic E-state index is 0.0367. The van der Waals surface area contributed by atoms with Crippen molar-refractivity contribution in [1.29, 1.82) is 0 Å². The van der Waals surface area contributed by atoms with Gasteiger partial charge in [0.2, 0.25) is 0 Å². The van der Waals surface area contributed by atoms with Crippen LogP contribution in [0.2, 0.25) is 0 Å². The Morgan fingerprint density at radius 3 is 2.59 bits per heavy atom. The number of thiophene rings is 1. The van der Waals surface area contributed by atoms with Gasteiger partial charge in [-0.25, -0.2) is 0 Å². The first-order chi connectivity index (χ1) is 15.4. The lowest BCUT2D eigenvalue weighted by Crippen LogP contribution is -2.32. The quantitative estimate of drug-likeness (QED) is 0.382. The molecule has 160 valence electrons. The molecule has 3 aromatic heterocycles. The fourth-order valence-electron chi connectivity index (χ4n) is 4.13. The third-order valence-electron chi connectivity index (χ3n) is 5.99. The minimum Gasteiger partial charge on any atom is -0.451 e. The molecule has 0 saturated carbocycles. The summed E-state index contributed by atoms with van der Waals surface area (Å²) in [5, 5.41) is 3.53. The van der Waals surface area contributed by atoms with Gasteiger partial charge >= 0.3 is 0 Å². The molecule has 32 heavy (non-hydrogen) atoms. The van der Waals surface area contributed by atoms with Crippen LogP contribution in [0.5, 0.6) is 0 Å². The molecule has 0 aliphatic heterocycles. The second-order valence-corrected chi connectivity index (χ2v) is 9.01. The topological polar surface area (TPSA) is 66.3 Å². The Morgan fingerprint density at radius 1 is 1.03 bits per heavy atom. The SMILES string of the molecule is Cc1cc2oc(C(=O)N(C)[C@@H](c3cccs3)c3c[nH]c4ccccc34)cc(=O)c2cc1C. The zero-order valence-corrected chi connectivity index (χ0v) is 18.8. The van der Waals surface area contributed by atoms with Crippen LogP contribution in [0.1, 0.15) is 38.2 Å². The number of aryl methyl sites for hydroxylation is 2. The summed E-state index contributed by atoms with van der Waals surface area (Å²) in [6, 6.07) is 16.6. The van der Waals surface area contributed by atoms with Gasteiger partial charge in [0.15, 0.2) is 11.2 Å². The van der Waals surface area contributed by atoms with Crippen LogP contribution in [0.15, 0.2) is 75.4 Å². The third kappa shape index (κ3) is 3.33. The average Bonchev–Trinajstić information content (AvgIpc) is 3.46. The molecule has 2 aromatic carbocycles. The maximum atomic E-state index is 13.5. The van der Waals surface area contributed by atoms with E-state index in [2.05, 4.69) is 4.98 Å². The molecular weight excluding hydrogens is 420 g/mol. The maximum Gasteiger partial charge on any atom is 0.290 e. The molecular formula is C26H22N2O3S. The lowest BCUT2D eigenvalue weighted by molar-refractivity contribution is 0.0726. The number of carbonyl (C=O) groups excluding carboxylic acids is 1. The van der Waals surface area contributed by atoms with Crippen molar-refractivity contribution in [1.82, 2.24) is 9.88 Å². The van der Waals surface area contributed by atoms with Crippen molar-refractivity contribution < 1.29 is 9.21 Å². The van der Waals surface area contributed by atoms with Gasteiger partial charge in [0, 0.05) is 40.7 Å². The lowest BCUT2D eigenvalue weighted by atomic mass is 10.0. The molecule has 6 heteroatoms. The smallest absolute Gasteiger partial charge is 0.290 e. The fourth-order valence-corrected chi connectivity index (χ4v) is 5.01. The average molecular weight is 443 g/mol. The van der Waals surface area contributed by atoms with E-state index in [1.165, 1.54) is 6.07 Å². The van der Waals surface area contributed by atoms with Crippen molar-refractivity contribution in [2.24, 2.45) is 0 Å². The lowest BCUT2D eigenvalue weighted by Gasteiger charge is -2.27. The monoisotopic (exact) mass is 442 g/mol. The normalized spacial score (nSPS) is 12.3. The summed E-state index contributed by atoms with van der Waals surface area (Å²) in [6.07, 6.45) is 1.95. The molecule has 0 saturated heterocycles. The number of nitrogens with one attached hydrogen (secondary N) is 1. The summed E-state index contributed by atoms with van der Waals surface area (Å²) < 4.78 is 5.94. The highest BCUT2D eigenvalue weighted by molar-refractivity contribution is 7.10. The van der Waals surface area contributed by atoms with Gasteiger partial charge in [-0.2, -0.15) is 0 Å².